The molecule has 1 rings (SSSR count). The highest BCUT2D eigenvalue weighted by atomic mass is 32.2. The normalized spacial score (nSPS) is 22.4. The second-order valence-electron chi connectivity index (χ2n) is 4.58. The summed E-state index contributed by atoms with van der Waals surface area (Å²) in [5.41, 5.74) is 0. The third-order valence-electron chi connectivity index (χ3n) is 2.88. The second-order valence-corrected chi connectivity index (χ2v) is 8.09. The standard InChI is InChI=1S/C11H19NO6S2/c1-18-4-2-9(11(14)15)12-10(13)6-19-8-3-5-20(16,17)7-8/h8-9H,2-7H2,1H3,(H,12,13)(H,14,15). The summed E-state index contributed by atoms with van der Waals surface area (Å²) in [6.07, 6.45) is 0.742. The highest BCUT2D eigenvalue weighted by Gasteiger charge is 2.29. The second kappa shape index (κ2) is 7.84. The molecular weight excluding hydrogens is 306 g/mol. The lowest BCUT2D eigenvalue weighted by molar-refractivity contribution is -0.142. The highest BCUT2D eigenvalue weighted by molar-refractivity contribution is 8.02. The van der Waals surface area contributed by atoms with Crippen LogP contribution in [0.15, 0.2) is 0 Å². The van der Waals surface area contributed by atoms with Gasteiger partial charge in [0.1, 0.15) is 6.04 Å². The van der Waals surface area contributed by atoms with Gasteiger partial charge in [0.25, 0.3) is 0 Å². The Kier molecular flexibility index (Phi) is 6.77. The number of sulfone groups is 1. The number of hydrogen-bond donors (Lipinski definition) is 2. The molecule has 0 spiro atoms. The van der Waals surface area contributed by atoms with Gasteiger partial charge >= 0.3 is 5.97 Å². The van der Waals surface area contributed by atoms with Gasteiger partial charge in [0.15, 0.2) is 9.84 Å². The predicted octanol–water partition coefficient (Wildman–Crippen LogP) is -0.487. The van der Waals surface area contributed by atoms with Gasteiger partial charge in [-0.05, 0) is 6.42 Å². The maximum atomic E-state index is 11.7. The van der Waals surface area contributed by atoms with Crippen LogP contribution in [-0.4, -0.2) is 67.7 Å². The molecule has 2 unspecified atom stereocenters. The molecule has 2 atom stereocenters. The molecule has 1 amide bonds. The number of hydrogen-bond acceptors (Lipinski definition) is 6. The molecule has 0 radical (unpaired) electrons. The first-order valence-corrected chi connectivity index (χ1v) is 9.04. The van der Waals surface area contributed by atoms with Crippen molar-refractivity contribution >= 4 is 33.5 Å². The van der Waals surface area contributed by atoms with Crippen molar-refractivity contribution in [3.8, 4) is 0 Å². The molecule has 2 N–H and O–H groups in total. The van der Waals surface area contributed by atoms with Gasteiger partial charge in [0, 0.05) is 25.4 Å². The molecule has 0 aromatic heterocycles. The van der Waals surface area contributed by atoms with Crippen LogP contribution < -0.4 is 5.32 Å². The van der Waals surface area contributed by atoms with E-state index in [1.54, 1.807) is 0 Å². The fourth-order valence-corrected chi connectivity index (χ4v) is 5.27. The Hall–Kier alpha value is -0.800. The molecule has 1 fully saturated rings. The van der Waals surface area contributed by atoms with Crippen molar-refractivity contribution in [1.82, 2.24) is 5.32 Å². The van der Waals surface area contributed by atoms with Crippen molar-refractivity contribution in [2.24, 2.45) is 0 Å². The molecule has 9 heteroatoms. The summed E-state index contributed by atoms with van der Waals surface area (Å²) in [7, 11) is -1.50. The van der Waals surface area contributed by atoms with Crippen LogP contribution in [0.5, 0.6) is 0 Å². The molecule has 0 aromatic carbocycles. The molecule has 1 heterocycles. The van der Waals surface area contributed by atoms with Gasteiger partial charge < -0.3 is 15.2 Å². The molecular formula is C11H19NO6S2. The van der Waals surface area contributed by atoms with Crippen molar-refractivity contribution in [1.29, 1.82) is 0 Å². The van der Waals surface area contributed by atoms with Crippen LogP contribution in [-0.2, 0) is 24.2 Å². The summed E-state index contributed by atoms with van der Waals surface area (Å²) in [6.45, 7) is 0.241. The summed E-state index contributed by atoms with van der Waals surface area (Å²) in [5.74, 6) is -1.18. The molecule has 116 valence electrons. The number of amides is 1. The molecule has 7 nitrogen and oxygen atoms in total. The lowest BCUT2D eigenvalue weighted by Gasteiger charge is -2.14. The Balaban J connectivity index is 2.33. The third-order valence-corrected chi connectivity index (χ3v) is 6.17. The average Bonchev–Trinajstić information content (AvgIpc) is 2.71. The monoisotopic (exact) mass is 325 g/mol. The average molecular weight is 325 g/mol. The van der Waals surface area contributed by atoms with Crippen LogP contribution in [0.2, 0.25) is 0 Å². The van der Waals surface area contributed by atoms with E-state index < -0.39 is 27.8 Å². The topological polar surface area (TPSA) is 110 Å². The third kappa shape index (κ3) is 6.10. The Bertz CT molecular complexity index is 450. The van der Waals surface area contributed by atoms with Crippen LogP contribution in [0, 0.1) is 0 Å². The van der Waals surface area contributed by atoms with Crippen molar-refractivity contribution < 1.29 is 27.9 Å². The Morgan fingerprint density at radius 2 is 2.20 bits per heavy atom. The van der Waals surface area contributed by atoms with Gasteiger partial charge in [-0.2, -0.15) is 0 Å². The van der Waals surface area contributed by atoms with Crippen LogP contribution in [0.4, 0.5) is 0 Å². The minimum absolute atomic E-state index is 0.0664. The van der Waals surface area contributed by atoms with Crippen molar-refractivity contribution in [3.63, 3.8) is 0 Å². The zero-order chi connectivity index (χ0) is 15.2. The zero-order valence-corrected chi connectivity index (χ0v) is 12.8. The summed E-state index contributed by atoms with van der Waals surface area (Å²) in [6, 6.07) is -0.977. The summed E-state index contributed by atoms with van der Waals surface area (Å²) < 4.78 is 27.3. The van der Waals surface area contributed by atoms with E-state index in [1.807, 2.05) is 0 Å². The van der Waals surface area contributed by atoms with Crippen molar-refractivity contribution in [2.45, 2.75) is 24.1 Å². The number of rotatable bonds is 8. The number of carbonyl (C=O) groups excluding carboxylic acids is 1. The van der Waals surface area contributed by atoms with E-state index in [9.17, 15) is 18.0 Å². The van der Waals surface area contributed by atoms with Crippen LogP contribution >= 0.6 is 11.8 Å². The minimum atomic E-state index is -2.96. The largest absolute Gasteiger partial charge is 0.480 e. The molecule has 1 aliphatic rings. The number of ether oxygens (including phenoxy) is 1. The number of carboxylic acids is 1. The molecule has 0 aromatic rings. The first kappa shape index (κ1) is 17.3. The predicted molar refractivity (Wildman–Crippen MR) is 75.6 cm³/mol. The van der Waals surface area contributed by atoms with Gasteiger partial charge in [-0.3, -0.25) is 4.79 Å². The maximum absolute atomic E-state index is 11.7. The number of aliphatic carboxylic acids is 1. The van der Waals surface area contributed by atoms with E-state index in [2.05, 4.69) is 5.32 Å². The van der Waals surface area contributed by atoms with Crippen molar-refractivity contribution in [2.75, 3.05) is 31.0 Å². The fraction of sp³-hybridized carbons (Fsp3) is 0.818. The molecule has 20 heavy (non-hydrogen) atoms. The lowest BCUT2D eigenvalue weighted by Crippen LogP contribution is -2.42. The van der Waals surface area contributed by atoms with E-state index in [0.29, 0.717) is 6.42 Å². The number of carbonyl (C=O) groups is 2. The Labute approximate surface area is 122 Å². The minimum Gasteiger partial charge on any atom is -0.480 e. The molecule has 1 saturated heterocycles. The van der Waals surface area contributed by atoms with Crippen LogP contribution in [0.1, 0.15) is 12.8 Å². The van der Waals surface area contributed by atoms with E-state index in [1.165, 1.54) is 18.9 Å². The molecule has 0 aliphatic carbocycles. The van der Waals surface area contributed by atoms with Crippen LogP contribution in [0.3, 0.4) is 0 Å². The zero-order valence-electron chi connectivity index (χ0n) is 11.2. The van der Waals surface area contributed by atoms with Crippen molar-refractivity contribution in [3.05, 3.63) is 0 Å². The Morgan fingerprint density at radius 3 is 2.70 bits per heavy atom. The van der Waals surface area contributed by atoms with E-state index in [-0.39, 0.29) is 35.5 Å². The molecule has 1 aliphatic heterocycles. The van der Waals surface area contributed by atoms with E-state index in [0.717, 1.165) is 0 Å². The fourth-order valence-electron chi connectivity index (χ4n) is 1.81. The quantitative estimate of drug-likeness (QED) is 0.620. The first-order valence-electron chi connectivity index (χ1n) is 6.17. The number of thioether (sulfide) groups is 1. The summed E-state index contributed by atoms with van der Waals surface area (Å²) >= 11 is 1.26. The van der Waals surface area contributed by atoms with Gasteiger partial charge in [-0.1, -0.05) is 0 Å². The SMILES string of the molecule is COCCC(NC(=O)CSC1CCS(=O)(=O)C1)C(=O)O. The molecule has 0 bridgehead atoms. The summed E-state index contributed by atoms with van der Waals surface area (Å²) in [5, 5.41) is 11.3. The molecule has 0 saturated carbocycles. The smallest absolute Gasteiger partial charge is 0.326 e. The van der Waals surface area contributed by atoms with Gasteiger partial charge in [-0.25, -0.2) is 13.2 Å². The summed E-state index contributed by atoms with van der Waals surface area (Å²) in [4.78, 5) is 22.6. The van der Waals surface area contributed by atoms with E-state index in [4.69, 9.17) is 9.84 Å². The van der Waals surface area contributed by atoms with Gasteiger partial charge in [0.05, 0.1) is 17.3 Å². The lowest BCUT2D eigenvalue weighted by atomic mass is 10.2. The maximum Gasteiger partial charge on any atom is 0.326 e. The first-order chi connectivity index (χ1) is 9.34. The number of nitrogens with one attached hydrogen (secondary N) is 1. The number of carboxylic acid groups (broad SMARTS) is 1. The van der Waals surface area contributed by atoms with E-state index >= 15 is 0 Å². The Morgan fingerprint density at radius 1 is 1.50 bits per heavy atom. The van der Waals surface area contributed by atoms with Gasteiger partial charge in [0.2, 0.25) is 5.91 Å². The van der Waals surface area contributed by atoms with Gasteiger partial charge in [-0.15, -0.1) is 11.8 Å². The van der Waals surface area contributed by atoms with Crippen LogP contribution in [0.25, 0.3) is 0 Å². The number of methoxy groups -OCH3 is 1. The highest BCUT2D eigenvalue weighted by Crippen LogP contribution is 2.23.